The molecule has 25 heavy (non-hydrogen) atoms. The van der Waals surface area contributed by atoms with Crippen LogP contribution in [0.5, 0.6) is 0 Å². The summed E-state index contributed by atoms with van der Waals surface area (Å²) in [6, 6.07) is 16.0. The Bertz CT molecular complexity index is 1010. The van der Waals surface area contributed by atoms with Gasteiger partial charge in [-0.25, -0.2) is 4.57 Å². The minimum Gasteiger partial charge on any atom is -0.201 e. The van der Waals surface area contributed by atoms with E-state index in [4.69, 9.17) is 0 Å². The number of benzene rings is 2. The fourth-order valence-electron chi connectivity index (χ4n) is 4.28. The van der Waals surface area contributed by atoms with Gasteiger partial charge >= 0.3 is 0 Å². The van der Waals surface area contributed by atoms with Gasteiger partial charge in [0.25, 0.3) is 0 Å². The number of aryl methyl sites for hydroxylation is 4. The highest BCUT2D eigenvalue weighted by molar-refractivity contribution is 5.84. The van der Waals surface area contributed by atoms with Gasteiger partial charge < -0.3 is 0 Å². The van der Waals surface area contributed by atoms with Crippen molar-refractivity contribution in [3.8, 4) is 22.4 Å². The van der Waals surface area contributed by atoms with Crippen molar-refractivity contribution in [3.05, 3.63) is 76.5 Å². The van der Waals surface area contributed by atoms with Crippen LogP contribution >= 0.6 is 0 Å². The molecule has 1 aliphatic rings. The summed E-state index contributed by atoms with van der Waals surface area (Å²) in [5.41, 5.74) is 12.3. The summed E-state index contributed by atoms with van der Waals surface area (Å²) in [5, 5.41) is 0. The molecule has 0 saturated carbocycles. The lowest BCUT2D eigenvalue weighted by Gasteiger charge is -2.22. The van der Waals surface area contributed by atoms with Crippen molar-refractivity contribution in [1.82, 2.24) is 0 Å². The molecule has 0 atom stereocenters. The Morgan fingerprint density at radius 3 is 2.20 bits per heavy atom. The monoisotopic (exact) mass is 328 g/mol. The molecule has 3 aromatic rings. The van der Waals surface area contributed by atoms with Crippen molar-refractivity contribution in [3.63, 3.8) is 0 Å². The van der Waals surface area contributed by atoms with E-state index in [2.05, 4.69) is 94.9 Å². The van der Waals surface area contributed by atoms with E-state index in [1.165, 1.54) is 50.2 Å². The van der Waals surface area contributed by atoms with E-state index >= 15 is 0 Å². The summed E-state index contributed by atoms with van der Waals surface area (Å²) < 4.78 is 2.26. The first kappa shape index (κ1) is 16.1. The van der Waals surface area contributed by atoms with Gasteiger partial charge in [-0.05, 0) is 60.2 Å². The quantitative estimate of drug-likeness (QED) is 0.526. The van der Waals surface area contributed by atoms with E-state index in [0.29, 0.717) is 0 Å². The molecule has 0 bridgehead atoms. The van der Waals surface area contributed by atoms with E-state index in [1.807, 2.05) is 0 Å². The average molecular weight is 328 g/mol. The third-order valence-corrected chi connectivity index (χ3v) is 5.95. The zero-order valence-electron chi connectivity index (χ0n) is 16.1. The van der Waals surface area contributed by atoms with Gasteiger partial charge in [-0.15, -0.1) is 0 Å². The predicted molar refractivity (Wildman–Crippen MR) is 105 cm³/mol. The number of hydrogen-bond donors (Lipinski definition) is 0. The lowest BCUT2D eigenvalue weighted by atomic mass is 9.81. The highest BCUT2D eigenvalue weighted by atomic mass is 14.9. The Morgan fingerprint density at radius 2 is 1.44 bits per heavy atom. The van der Waals surface area contributed by atoms with Gasteiger partial charge in [0, 0.05) is 22.6 Å². The molecule has 4 rings (SSSR count). The number of fused-ring (bicyclic) bond motifs is 3. The van der Waals surface area contributed by atoms with Gasteiger partial charge in [-0.2, -0.15) is 0 Å². The van der Waals surface area contributed by atoms with Crippen LogP contribution in [-0.4, -0.2) is 0 Å². The summed E-state index contributed by atoms with van der Waals surface area (Å²) in [4.78, 5) is 0. The Morgan fingerprint density at radius 1 is 0.720 bits per heavy atom. The largest absolute Gasteiger partial charge is 0.212 e. The van der Waals surface area contributed by atoms with Gasteiger partial charge in [-0.1, -0.05) is 44.2 Å². The van der Waals surface area contributed by atoms with Crippen LogP contribution in [-0.2, 0) is 12.5 Å². The van der Waals surface area contributed by atoms with E-state index < -0.39 is 0 Å². The molecule has 1 aliphatic carbocycles. The van der Waals surface area contributed by atoms with Crippen molar-refractivity contribution in [2.45, 2.75) is 40.0 Å². The van der Waals surface area contributed by atoms with E-state index in [1.54, 1.807) is 0 Å². The lowest BCUT2D eigenvalue weighted by molar-refractivity contribution is -0.660. The van der Waals surface area contributed by atoms with Crippen molar-refractivity contribution in [1.29, 1.82) is 0 Å². The van der Waals surface area contributed by atoms with Crippen molar-refractivity contribution < 1.29 is 4.57 Å². The summed E-state index contributed by atoms with van der Waals surface area (Å²) in [6.45, 7) is 11.3. The van der Waals surface area contributed by atoms with Crippen LogP contribution in [0.3, 0.4) is 0 Å². The Hall–Kier alpha value is -2.41. The predicted octanol–water partition coefficient (Wildman–Crippen LogP) is 5.41. The number of aromatic nitrogens is 1. The number of pyridine rings is 1. The third kappa shape index (κ3) is 2.26. The number of rotatable bonds is 1. The summed E-state index contributed by atoms with van der Waals surface area (Å²) in [7, 11) is 2.15. The molecule has 0 aliphatic heterocycles. The van der Waals surface area contributed by atoms with Crippen LogP contribution in [0.2, 0.25) is 0 Å². The maximum absolute atomic E-state index is 2.43. The molecule has 1 aromatic heterocycles. The first-order valence-electron chi connectivity index (χ1n) is 9.03. The van der Waals surface area contributed by atoms with Crippen LogP contribution in [0, 0.1) is 20.8 Å². The first-order chi connectivity index (χ1) is 11.8. The second-order valence-corrected chi connectivity index (χ2v) is 8.02. The fraction of sp³-hybridized carbons (Fsp3) is 0.292. The molecule has 0 spiro atoms. The molecule has 1 nitrogen and oxygen atoms in total. The molecule has 0 unspecified atom stereocenters. The van der Waals surface area contributed by atoms with Gasteiger partial charge in [0.2, 0.25) is 5.69 Å². The van der Waals surface area contributed by atoms with Gasteiger partial charge in [0.05, 0.1) is 0 Å². The fourth-order valence-corrected chi connectivity index (χ4v) is 4.28. The summed E-state index contributed by atoms with van der Waals surface area (Å²) in [5.74, 6) is 0. The van der Waals surface area contributed by atoms with Crippen molar-refractivity contribution in [2.24, 2.45) is 7.05 Å². The smallest absolute Gasteiger partial charge is 0.201 e. The molecular formula is C24H26N+. The van der Waals surface area contributed by atoms with Crippen LogP contribution < -0.4 is 4.57 Å². The SMILES string of the molecule is Cc1cc(-c2cc3c(cc2C)-c2ccccc2C3(C)C)[n+](C)cc1C. The summed E-state index contributed by atoms with van der Waals surface area (Å²) >= 11 is 0. The minimum atomic E-state index is 0.0483. The number of hydrogen-bond acceptors (Lipinski definition) is 0. The molecular weight excluding hydrogens is 302 g/mol. The highest BCUT2D eigenvalue weighted by Gasteiger charge is 2.36. The topological polar surface area (TPSA) is 3.88 Å². The molecule has 126 valence electrons. The zero-order valence-corrected chi connectivity index (χ0v) is 16.1. The average Bonchev–Trinajstić information content (AvgIpc) is 2.79. The second-order valence-electron chi connectivity index (χ2n) is 8.02. The zero-order chi connectivity index (χ0) is 17.9. The summed E-state index contributed by atoms with van der Waals surface area (Å²) in [6.07, 6.45) is 2.23. The lowest BCUT2D eigenvalue weighted by Crippen LogP contribution is -2.31. The molecule has 0 fully saturated rings. The van der Waals surface area contributed by atoms with E-state index in [-0.39, 0.29) is 5.41 Å². The van der Waals surface area contributed by atoms with E-state index in [9.17, 15) is 0 Å². The first-order valence-corrected chi connectivity index (χ1v) is 9.03. The molecule has 0 radical (unpaired) electrons. The van der Waals surface area contributed by atoms with Crippen molar-refractivity contribution in [2.75, 3.05) is 0 Å². The Labute approximate surface area is 151 Å². The molecule has 1 heteroatoms. The molecule has 0 amide bonds. The van der Waals surface area contributed by atoms with Crippen LogP contribution in [0.4, 0.5) is 0 Å². The second kappa shape index (κ2) is 5.29. The standard InChI is InChI=1S/C24H26N/c1-15-12-23(25(6)14-17(15)3)19-13-22-20(11-16(19)2)18-9-7-8-10-21(18)24(22,4)5/h7-14H,1-6H3/q+1. The number of nitrogens with zero attached hydrogens (tertiary/aromatic N) is 1. The van der Waals surface area contributed by atoms with E-state index in [0.717, 1.165) is 0 Å². The maximum atomic E-state index is 2.43. The molecule has 0 N–H and O–H groups in total. The normalized spacial score (nSPS) is 14.3. The van der Waals surface area contributed by atoms with Gasteiger partial charge in [0.15, 0.2) is 6.20 Å². The van der Waals surface area contributed by atoms with Crippen LogP contribution in [0.15, 0.2) is 48.7 Å². The van der Waals surface area contributed by atoms with Gasteiger partial charge in [-0.3, -0.25) is 0 Å². The van der Waals surface area contributed by atoms with Crippen LogP contribution in [0.25, 0.3) is 22.4 Å². The Balaban J connectivity index is 1.99. The third-order valence-electron chi connectivity index (χ3n) is 5.95. The minimum absolute atomic E-state index is 0.0483. The highest BCUT2D eigenvalue weighted by Crippen LogP contribution is 2.50. The Kier molecular flexibility index (Phi) is 3.40. The van der Waals surface area contributed by atoms with Gasteiger partial charge in [0.1, 0.15) is 7.05 Å². The molecule has 1 heterocycles. The maximum Gasteiger partial charge on any atom is 0.212 e. The van der Waals surface area contributed by atoms with Crippen molar-refractivity contribution >= 4 is 0 Å². The van der Waals surface area contributed by atoms with Crippen LogP contribution in [0.1, 0.15) is 41.7 Å². The molecule has 2 aromatic carbocycles. The molecule has 0 saturated heterocycles.